The first-order chi connectivity index (χ1) is 10.5. The van der Waals surface area contributed by atoms with Gasteiger partial charge in [0.2, 0.25) is 0 Å². The molecule has 2 rings (SSSR count). The van der Waals surface area contributed by atoms with E-state index in [4.69, 9.17) is 9.15 Å². The predicted octanol–water partition coefficient (Wildman–Crippen LogP) is 1.17. The number of hydrogen-bond donors (Lipinski definition) is 1. The van der Waals surface area contributed by atoms with Crippen LogP contribution in [-0.4, -0.2) is 28.5 Å². The van der Waals surface area contributed by atoms with Crippen molar-refractivity contribution in [2.45, 2.75) is 13.8 Å². The molecule has 0 bridgehead atoms. The molecule has 0 saturated heterocycles. The molecular weight excluding hydrogens is 290 g/mol. The number of carbonyl (C=O) groups excluding carboxylic acids is 2. The maximum atomic E-state index is 11.9. The lowest BCUT2D eigenvalue weighted by molar-refractivity contribution is 0.0521. The average molecular weight is 303 g/mol. The molecule has 1 amide bonds. The molecule has 0 unspecified atom stereocenters. The second-order valence-corrected chi connectivity index (χ2v) is 4.18. The Morgan fingerprint density at radius 3 is 2.77 bits per heavy atom. The number of anilines is 1. The van der Waals surface area contributed by atoms with Gasteiger partial charge in [-0.15, -0.1) is 0 Å². The quantitative estimate of drug-likeness (QED) is 0.844. The summed E-state index contributed by atoms with van der Waals surface area (Å²) in [5.74, 6) is -1.17. The van der Waals surface area contributed by atoms with E-state index in [-0.39, 0.29) is 29.3 Å². The van der Waals surface area contributed by atoms with Gasteiger partial charge in [0.05, 0.1) is 12.8 Å². The molecule has 0 aromatic carbocycles. The van der Waals surface area contributed by atoms with Crippen LogP contribution in [-0.2, 0) is 4.74 Å². The van der Waals surface area contributed by atoms with Gasteiger partial charge in [0.25, 0.3) is 5.91 Å². The van der Waals surface area contributed by atoms with Gasteiger partial charge in [-0.1, -0.05) is 0 Å². The van der Waals surface area contributed by atoms with Crippen molar-refractivity contribution in [3.05, 3.63) is 52.1 Å². The second-order valence-electron chi connectivity index (χ2n) is 4.18. The molecule has 2 aromatic rings. The molecule has 22 heavy (non-hydrogen) atoms. The summed E-state index contributed by atoms with van der Waals surface area (Å²) < 4.78 is 9.79. The molecule has 8 nitrogen and oxygen atoms in total. The number of esters is 1. The Balaban J connectivity index is 2.31. The van der Waals surface area contributed by atoms with Crippen LogP contribution in [0.2, 0.25) is 0 Å². The molecule has 0 aliphatic rings. The molecule has 2 heterocycles. The first-order valence-electron chi connectivity index (χ1n) is 6.42. The molecule has 0 saturated carbocycles. The number of ether oxygens (including phenoxy) is 1. The summed E-state index contributed by atoms with van der Waals surface area (Å²) in [6.45, 7) is 3.30. The Kier molecular flexibility index (Phi) is 4.62. The van der Waals surface area contributed by atoms with E-state index in [9.17, 15) is 14.4 Å². The van der Waals surface area contributed by atoms with Gasteiger partial charge < -0.3 is 14.5 Å². The summed E-state index contributed by atoms with van der Waals surface area (Å²) in [6.07, 6.45) is 4.00. The minimum Gasteiger partial charge on any atom is -0.462 e. The van der Waals surface area contributed by atoms with Crippen molar-refractivity contribution < 1.29 is 18.7 Å². The van der Waals surface area contributed by atoms with E-state index < -0.39 is 17.5 Å². The van der Waals surface area contributed by atoms with Gasteiger partial charge in [-0.2, -0.15) is 0 Å². The summed E-state index contributed by atoms with van der Waals surface area (Å²) >= 11 is 0. The Hall–Kier alpha value is -3.03. The molecular formula is C14H13N3O5. The Labute approximate surface area is 125 Å². The Morgan fingerprint density at radius 1 is 1.36 bits per heavy atom. The Bertz CT molecular complexity index is 755. The van der Waals surface area contributed by atoms with E-state index in [1.165, 1.54) is 31.6 Å². The number of nitrogens with one attached hydrogen (secondary N) is 1. The van der Waals surface area contributed by atoms with Gasteiger partial charge in [0.15, 0.2) is 0 Å². The van der Waals surface area contributed by atoms with Crippen molar-refractivity contribution in [1.29, 1.82) is 0 Å². The first kappa shape index (κ1) is 15.4. The lowest BCUT2D eigenvalue weighted by Gasteiger charge is -2.07. The molecule has 8 heteroatoms. The van der Waals surface area contributed by atoms with Gasteiger partial charge in [-0.3, -0.25) is 9.78 Å². The number of aryl methyl sites for hydroxylation is 1. The molecule has 0 aliphatic heterocycles. The number of aromatic nitrogens is 2. The van der Waals surface area contributed by atoms with Crippen LogP contribution in [0.25, 0.3) is 0 Å². The van der Waals surface area contributed by atoms with Crippen LogP contribution < -0.4 is 10.9 Å². The highest BCUT2D eigenvalue weighted by molar-refractivity contribution is 6.03. The number of hydrogen-bond acceptors (Lipinski definition) is 7. The fraction of sp³-hybridized carbons (Fsp3) is 0.214. The van der Waals surface area contributed by atoms with Gasteiger partial charge in [-0.05, 0) is 19.9 Å². The summed E-state index contributed by atoms with van der Waals surface area (Å²) in [7, 11) is 0. The Morgan fingerprint density at radius 2 is 2.14 bits per heavy atom. The van der Waals surface area contributed by atoms with Crippen molar-refractivity contribution in [2.24, 2.45) is 0 Å². The number of rotatable bonds is 4. The van der Waals surface area contributed by atoms with Crippen molar-refractivity contribution in [2.75, 3.05) is 11.9 Å². The SMILES string of the molecule is CCOC(=O)c1cc(NC(=O)c2cnccn2)c(=O)oc1C. The van der Waals surface area contributed by atoms with Crippen LogP contribution in [0.1, 0.15) is 33.5 Å². The van der Waals surface area contributed by atoms with Crippen molar-refractivity contribution >= 4 is 17.6 Å². The number of amides is 1. The fourth-order valence-corrected chi connectivity index (χ4v) is 1.66. The third kappa shape index (κ3) is 3.35. The minimum absolute atomic E-state index is 0.0279. The molecule has 1 N–H and O–H groups in total. The lowest BCUT2D eigenvalue weighted by Crippen LogP contribution is -2.21. The van der Waals surface area contributed by atoms with Crippen LogP contribution in [0.4, 0.5) is 5.69 Å². The fourth-order valence-electron chi connectivity index (χ4n) is 1.66. The lowest BCUT2D eigenvalue weighted by atomic mass is 10.2. The van der Waals surface area contributed by atoms with Crippen LogP contribution in [0.3, 0.4) is 0 Å². The topological polar surface area (TPSA) is 111 Å². The number of carbonyl (C=O) groups is 2. The maximum absolute atomic E-state index is 11.9. The molecule has 0 fully saturated rings. The molecule has 0 radical (unpaired) electrons. The summed E-state index contributed by atoms with van der Waals surface area (Å²) in [6, 6.07) is 1.22. The largest absolute Gasteiger partial charge is 0.462 e. The standard InChI is InChI=1S/C14H13N3O5/c1-3-21-13(19)9-6-10(14(20)22-8(9)2)17-12(18)11-7-15-4-5-16-11/h4-7H,3H2,1-2H3,(H,17,18). The zero-order valence-electron chi connectivity index (χ0n) is 12.0. The first-order valence-corrected chi connectivity index (χ1v) is 6.42. The van der Waals surface area contributed by atoms with E-state index in [2.05, 4.69) is 15.3 Å². The van der Waals surface area contributed by atoms with E-state index in [1.54, 1.807) is 6.92 Å². The predicted molar refractivity (Wildman–Crippen MR) is 75.7 cm³/mol. The van der Waals surface area contributed by atoms with Crippen molar-refractivity contribution in [1.82, 2.24) is 9.97 Å². The second kappa shape index (κ2) is 6.61. The van der Waals surface area contributed by atoms with Gasteiger partial charge in [0.1, 0.15) is 22.7 Å². The van der Waals surface area contributed by atoms with Crippen molar-refractivity contribution in [3.63, 3.8) is 0 Å². The molecule has 0 aliphatic carbocycles. The smallest absolute Gasteiger partial charge is 0.359 e. The van der Waals surface area contributed by atoms with Crippen LogP contribution in [0.5, 0.6) is 0 Å². The molecule has 2 aromatic heterocycles. The van der Waals surface area contributed by atoms with Gasteiger partial charge in [0, 0.05) is 12.4 Å². The highest BCUT2D eigenvalue weighted by Crippen LogP contribution is 2.13. The monoisotopic (exact) mass is 303 g/mol. The highest BCUT2D eigenvalue weighted by Gasteiger charge is 2.18. The van der Waals surface area contributed by atoms with Gasteiger partial charge >= 0.3 is 11.6 Å². The van der Waals surface area contributed by atoms with Crippen molar-refractivity contribution in [3.8, 4) is 0 Å². The molecule has 114 valence electrons. The zero-order chi connectivity index (χ0) is 16.1. The molecule has 0 spiro atoms. The molecule has 0 atom stereocenters. The van der Waals surface area contributed by atoms with E-state index in [0.717, 1.165) is 0 Å². The third-order valence-electron chi connectivity index (χ3n) is 2.67. The third-order valence-corrected chi connectivity index (χ3v) is 2.67. The van der Waals surface area contributed by atoms with Crippen LogP contribution in [0.15, 0.2) is 33.9 Å². The van der Waals surface area contributed by atoms with Crippen LogP contribution >= 0.6 is 0 Å². The normalized spacial score (nSPS) is 10.1. The highest BCUT2D eigenvalue weighted by atomic mass is 16.5. The van der Waals surface area contributed by atoms with E-state index >= 15 is 0 Å². The minimum atomic E-state index is -0.775. The summed E-state index contributed by atoms with van der Waals surface area (Å²) in [4.78, 5) is 43.0. The van der Waals surface area contributed by atoms with Crippen LogP contribution in [0, 0.1) is 6.92 Å². The maximum Gasteiger partial charge on any atom is 0.359 e. The van der Waals surface area contributed by atoms with E-state index in [0.29, 0.717) is 0 Å². The zero-order valence-corrected chi connectivity index (χ0v) is 12.0. The van der Waals surface area contributed by atoms with E-state index in [1.807, 2.05) is 0 Å². The van der Waals surface area contributed by atoms with Gasteiger partial charge in [-0.25, -0.2) is 14.6 Å². The summed E-state index contributed by atoms with van der Waals surface area (Å²) in [5.41, 5.74) is -0.858. The average Bonchev–Trinajstić information content (AvgIpc) is 2.51. The number of nitrogens with zero attached hydrogens (tertiary/aromatic N) is 2. The summed E-state index contributed by atoms with van der Waals surface area (Å²) in [5, 5.41) is 2.34.